The van der Waals surface area contributed by atoms with E-state index >= 15 is 0 Å². The minimum absolute atomic E-state index is 0.00876. The Labute approximate surface area is 167 Å². The van der Waals surface area contributed by atoms with E-state index in [1.54, 1.807) is 0 Å². The fraction of sp³-hybridized carbons (Fsp3) is 0.409. The van der Waals surface area contributed by atoms with Gasteiger partial charge in [0.15, 0.2) is 5.78 Å². The van der Waals surface area contributed by atoms with Gasteiger partial charge in [-0.05, 0) is 25.8 Å². The highest BCUT2D eigenvalue weighted by Crippen LogP contribution is 2.36. The Morgan fingerprint density at radius 2 is 1.82 bits per heavy atom. The van der Waals surface area contributed by atoms with Gasteiger partial charge >= 0.3 is 0 Å². The molecule has 1 atom stereocenters. The van der Waals surface area contributed by atoms with Gasteiger partial charge in [0, 0.05) is 45.4 Å². The fourth-order valence-corrected chi connectivity index (χ4v) is 3.47. The molecular weight excluding hydrogens is 354 g/mol. The molecule has 0 radical (unpaired) electrons. The van der Waals surface area contributed by atoms with Gasteiger partial charge in [-0.3, -0.25) is 14.5 Å². The second kappa shape index (κ2) is 8.42. The van der Waals surface area contributed by atoms with E-state index in [4.69, 9.17) is 0 Å². The quantitative estimate of drug-likeness (QED) is 0.656. The molecule has 6 nitrogen and oxygen atoms in total. The van der Waals surface area contributed by atoms with Crippen molar-refractivity contribution in [2.75, 3.05) is 21.1 Å². The van der Waals surface area contributed by atoms with Gasteiger partial charge < -0.3 is 14.6 Å². The number of benzene rings is 1. The molecule has 1 amide bonds. The summed E-state index contributed by atoms with van der Waals surface area (Å²) in [7, 11) is 5.74. The Hall–Kier alpha value is -2.89. The number of ketones is 2. The molecule has 1 aliphatic rings. The minimum Gasteiger partial charge on any atom is -0.365 e. The van der Waals surface area contributed by atoms with Crippen molar-refractivity contribution >= 4 is 23.2 Å². The van der Waals surface area contributed by atoms with Gasteiger partial charge in [0.2, 0.25) is 0 Å². The monoisotopic (exact) mass is 383 g/mol. The second-order valence-electron chi connectivity index (χ2n) is 7.50. The Morgan fingerprint density at radius 3 is 2.36 bits per heavy atom. The second-order valence-corrected chi connectivity index (χ2v) is 7.50. The molecule has 1 unspecified atom stereocenters. The van der Waals surface area contributed by atoms with Crippen LogP contribution in [0.2, 0.25) is 0 Å². The number of amides is 1. The predicted molar refractivity (Wildman–Crippen MR) is 110 cm³/mol. The molecule has 1 aliphatic heterocycles. The highest BCUT2D eigenvalue weighted by Gasteiger charge is 2.39. The first-order chi connectivity index (χ1) is 13.1. The van der Waals surface area contributed by atoms with Crippen LogP contribution in [0.5, 0.6) is 0 Å². The zero-order valence-corrected chi connectivity index (χ0v) is 17.4. The average molecular weight is 383 g/mol. The van der Waals surface area contributed by atoms with Crippen LogP contribution in [-0.4, -0.2) is 59.4 Å². The van der Waals surface area contributed by atoms with Crippen molar-refractivity contribution in [3.05, 3.63) is 53.9 Å². The Balaban J connectivity index is 2.38. The molecule has 2 rings (SSSR count). The molecule has 6 heteroatoms. The van der Waals surface area contributed by atoms with Gasteiger partial charge in [0.25, 0.3) is 5.91 Å². The Bertz CT molecular complexity index is 841. The molecule has 28 heavy (non-hydrogen) atoms. The third kappa shape index (κ3) is 4.16. The van der Waals surface area contributed by atoms with Crippen LogP contribution in [0.25, 0.3) is 5.70 Å². The molecule has 0 spiro atoms. The van der Waals surface area contributed by atoms with E-state index in [1.165, 1.54) is 18.7 Å². The average Bonchev–Trinajstić information content (AvgIpc) is 2.86. The summed E-state index contributed by atoms with van der Waals surface area (Å²) in [6, 6.07) is 4.97. The molecule has 0 aromatic heterocycles. The van der Waals surface area contributed by atoms with Gasteiger partial charge in [-0.15, -0.1) is 0 Å². The topological polar surface area (TPSA) is 60.9 Å². The van der Waals surface area contributed by atoms with E-state index in [1.807, 2.05) is 49.1 Å². The maximum absolute atomic E-state index is 13.3. The zero-order chi connectivity index (χ0) is 21.2. The SMILES string of the molecule is C=C(N(C)C)N(C)Cc1cccc2c1C(=O)N(C(CCC(C)=O)C(C)=O)C2=C. The van der Waals surface area contributed by atoms with Gasteiger partial charge in [0.1, 0.15) is 5.78 Å². The molecule has 1 aromatic rings. The van der Waals surface area contributed by atoms with E-state index < -0.39 is 6.04 Å². The van der Waals surface area contributed by atoms with E-state index in [2.05, 4.69) is 13.2 Å². The van der Waals surface area contributed by atoms with Crippen LogP contribution in [0.3, 0.4) is 0 Å². The lowest BCUT2D eigenvalue weighted by Crippen LogP contribution is -2.40. The molecule has 1 aromatic carbocycles. The van der Waals surface area contributed by atoms with E-state index in [9.17, 15) is 14.4 Å². The summed E-state index contributed by atoms with van der Waals surface area (Å²) in [6.07, 6.45) is 0.548. The van der Waals surface area contributed by atoms with Crippen LogP contribution in [0.1, 0.15) is 48.2 Å². The van der Waals surface area contributed by atoms with Crippen molar-refractivity contribution < 1.29 is 14.4 Å². The molecule has 0 saturated carbocycles. The van der Waals surface area contributed by atoms with Crippen LogP contribution in [0.4, 0.5) is 0 Å². The normalized spacial score (nSPS) is 14.0. The van der Waals surface area contributed by atoms with Gasteiger partial charge in [0.05, 0.1) is 17.4 Å². The van der Waals surface area contributed by atoms with Crippen LogP contribution in [-0.2, 0) is 16.1 Å². The number of Topliss-reactive ketones (excluding diaryl/α,β-unsaturated/α-hetero) is 2. The maximum Gasteiger partial charge on any atom is 0.259 e. The summed E-state index contributed by atoms with van der Waals surface area (Å²) in [5.41, 5.74) is 2.67. The largest absolute Gasteiger partial charge is 0.365 e. The van der Waals surface area contributed by atoms with Crippen LogP contribution in [0, 0.1) is 0 Å². The standard InChI is InChI=1S/C22H29N3O3/c1-14(26)11-12-20(16(3)27)25-15(2)19-10-8-9-18(21(19)22(25)28)13-24(7)17(4)23(5)6/h8-10,20H,2,4,11-13H2,1,3,5-7H3. The summed E-state index contributed by atoms with van der Waals surface area (Å²) < 4.78 is 0. The third-order valence-electron chi connectivity index (χ3n) is 5.10. The molecule has 0 N–H and O–H groups in total. The lowest BCUT2D eigenvalue weighted by molar-refractivity contribution is -0.121. The van der Waals surface area contributed by atoms with Crippen molar-refractivity contribution in [1.82, 2.24) is 14.7 Å². The van der Waals surface area contributed by atoms with E-state index in [0.29, 0.717) is 24.2 Å². The number of nitrogens with zero attached hydrogens (tertiary/aromatic N) is 3. The van der Waals surface area contributed by atoms with E-state index in [-0.39, 0.29) is 23.9 Å². The predicted octanol–water partition coefficient (Wildman–Crippen LogP) is 2.90. The van der Waals surface area contributed by atoms with Crippen molar-refractivity contribution in [3.63, 3.8) is 0 Å². The Morgan fingerprint density at radius 1 is 1.18 bits per heavy atom. The maximum atomic E-state index is 13.3. The lowest BCUT2D eigenvalue weighted by Gasteiger charge is -2.28. The summed E-state index contributed by atoms with van der Waals surface area (Å²) in [5, 5.41) is 0. The van der Waals surface area contributed by atoms with Gasteiger partial charge in [-0.2, -0.15) is 0 Å². The highest BCUT2D eigenvalue weighted by atomic mass is 16.2. The lowest BCUT2D eigenvalue weighted by atomic mass is 10.0. The molecule has 150 valence electrons. The van der Waals surface area contributed by atoms with Crippen molar-refractivity contribution in [1.29, 1.82) is 0 Å². The zero-order valence-electron chi connectivity index (χ0n) is 17.4. The minimum atomic E-state index is -0.682. The molecule has 1 heterocycles. The van der Waals surface area contributed by atoms with E-state index in [0.717, 1.165) is 16.9 Å². The van der Waals surface area contributed by atoms with Crippen molar-refractivity contribution in [3.8, 4) is 0 Å². The Kier molecular flexibility index (Phi) is 6.44. The number of carbonyl (C=O) groups excluding carboxylic acids is 3. The van der Waals surface area contributed by atoms with Gasteiger partial charge in [-0.1, -0.05) is 31.4 Å². The van der Waals surface area contributed by atoms with Crippen LogP contribution >= 0.6 is 0 Å². The fourth-order valence-electron chi connectivity index (χ4n) is 3.47. The molecule has 0 fully saturated rings. The smallest absolute Gasteiger partial charge is 0.259 e. The first kappa shape index (κ1) is 21.4. The number of carbonyl (C=O) groups is 3. The van der Waals surface area contributed by atoms with Crippen LogP contribution < -0.4 is 0 Å². The molecular formula is C22H29N3O3. The first-order valence-corrected chi connectivity index (χ1v) is 9.28. The molecule has 0 aliphatic carbocycles. The highest BCUT2D eigenvalue weighted by molar-refractivity contribution is 6.12. The summed E-state index contributed by atoms with van der Waals surface area (Å²) in [5.74, 6) is 0.429. The summed E-state index contributed by atoms with van der Waals surface area (Å²) >= 11 is 0. The number of hydrogen-bond donors (Lipinski definition) is 0. The molecule has 0 saturated heterocycles. The molecule has 0 bridgehead atoms. The summed E-state index contributed by atoms with van der Waals surface area (Å²) in [4.78, 5) is 42.3. The van der Waals surface area contributed by atoms with Crippen molar-refractivity contribution in [2.45, 2.75) is 39.3 Å². The third-order valence-corrected chi connectivity index (χ3v) is 5.10. The van der Waals surface area contributed by atoms with Gasteiger partial charge in [-0.25, -0.2) is 0 Å². The number of rotatable bonds is 9. The number of hydrogen-bond acceptors (Lipinski definition) is 5. The first-order valence-electron chi connectivity index (χ1n) is 9.28. The summed E-state index contributed by atoms with van der Waals surface area (Å²) in [6.45, 7) is 11.6. The number of fused-ring (bicyclic) bond motifs is 1. The van der Waals surface area contributed by atoms with Crippen LogP contribution in [0.15, 0.2) is 37.2 Å². The van der Waals surface area contributed by atoms with Crippen molar-refractivity contribution in [2.24, 2.45) is 0 Å².